The first kappa shape index (κ1) is 20.0. The van der Waals surface area contributed by atoms with Crippen molar-refractivity contribution < 1.29 is 9.59 Å². The normalized spacial score (nSPS) is 10.8. The molecule has 0 aliphatic rings. The van der Waals surface area contributed by atoms with E-state index in [2.05, 4.69) is 21.7 Å². The largest absolute Gasteiger partial charge is 0.352 e. The Morgan fingerprint density at radius 2 is 1.93 bits per heavy atom. The Kier molecular flexibility index (Phi) is 6.76. The lowest BCUT2D eigenvalue weighted by atomic mass is 10.1. The van der Waals surface area contributed by atoms with Gasteiger partial charge in [-0.25, -0.2) is 4.98 Å². The van der Waals surface area contributed by atoms with Crippen molar-refractivity contribution in [2.75, 3.05) is 11.9 Å². The molecule has 0 bridgehead atoms. The molecule has 3 rings (SSSR count). The summed E-state index contributed by atoms with van der Waals surface area (Å²) in [5.74, 6) is -0.158. The molecular formula is C22H25N3O2S. The van der Waals surface area contributed by atoms with Gasteiger partial charge in [0.25, 0.3) is 5.91 Å². The Morgan fingerprint density at radius 1 is 1.11 bits per heavy atom. The minimum absolute atomic E-state index is 0.0274. The van der Waals surface area contributed by atoms with E-state index in [-0.39, 0.29) is 11.8 Å². The lowest BCUT2D eigenvalue weighted by Gasteiger charge is -2.10. The topological polar surface area (TPSA) is 71.1 Å². The minimum Gasteiger partial charge on any atom is -0.352 e. The molecule has 0 aliphatic heterocycles. The Bertz CT molecular complexity index is 948. The van der Waals surface area contributed by atoms with E-state index in [4.69, 9.17) is 0 Å². The van der Waals surface area contributed by atoms with Crippen molar-refractivity contribution >= 4 is 39.1 Å². The third-order valence-electron chi connectivity index (χ3n) is 4.49. The number of nitrogens with one attached hydrogen (secondary N) is 2. The molecule has 0 saturated carbocycles. The molecule has 2 N–H and O–H groups in total. The van der Waals surface area contributed by atoms with Gasteiger partial charge in [0.05, 0.1) is 15.2 Å². The van der Waals surface area contributed by atoms with Crippen molar-refractivity contribution in [1.29, 1.82) is 0 Å². The molecule has 1 aromatic heterocycles. The van der Waals surface area contributed by atoms with Gasteiger partial charge in [-0.3, -0.25) is 9.59 Å². The molecule has 0 unspecified atom stereocenters. The van der Waals surface area contributed by atoms with Crippen LogP contribution >= 0.6 is 11.3 Å². The average Bonchev–Trinajstić information content (AvgIpc) is 3.10. The third kappa shape index (κ3) is 5.16. The number of hydrogen-bond donors (Lipinski definition) is 2. The number of thiazole rings is 1. The molecule has 0 atom stereocenters. The second kappa shape index (κ2) is 9.46. The van der Waals surface area contributed by atoms with Crippen LogP contribution in [0.5, 0.6) is 0 Å². The van der Waals surface area contributed by atoms with E-state index in [1.807, 2.05) is 38.1 Å². The molecule has 1 heterocycles. The number of benzene rings is 2. The van der Waals surface area contributed by atoms with Gasteiger partial charge in [0.1, 0.15) is 0 Å². The molecule has 6 heteroatoms. The maximum atomic E-state index is 12.3. The van der Waals surface area contributed by atoms with Crippen LogP contribution < -0.4 is 10.6 Å². The van der Waals surface area contributed by atoms with Gasteiger partial charge in [-0.15, -0.1) is 11.3 Å². The van der Waals surface area contributed by atoms with Crippen LogP contribution in [0.25, 0.3) is 10.2 Å². The van der Waals surface area contributed by atoms with Crippen molar-refractivity contribution in [3.63, 3.8) is 0 Å². The average molecular weight is 396 g/mol. The molecule has 0 saturated heterocycles. The zero-order valence-electron chi connectivity index (χ0n) is 16.2. The van der Waals surface area contributed by atoms with Crippen LogP contribution in [0.15, 0.2) is 42.5 Å². The van der Waals surface area contributed by atoms with Gasteiger partial charge in [-0.1, -0.05) is 18.2 Å². The molecule has 0 radical (unpaired) electrons. The van der Waals surface area contributed by atoms with E-state index in [0.29, 0.717) is 24.2 Å². The number of para-hydroxylation sites is 1. The lowest BCUT2D eigenvalue weighted by Crippen LogP contribution is -2.23. The number of unbranched alkanes of at least 4 members (excludes halogenated alkanes) is 1. The zero-order valence-corrected chi connectivity index (χ0v) is 17.1. The number of amides is 2. The van der Waals surface area contributed by atoms with Crippen molar-refractivity contribution in [3.8, 4) is 0 Å². The Balaban J connectivity index is 1.48. The molecule has 0 spiro atoms. The van der Waals surface area contributed by atoms with Crippen LogP contribution in [-0.4, -0.2) is 23.3 Å². The molecule has 3 aromatic rings. The van der Waals surface area contributed by atoms with Gasteiger partial charge in [0.2, 0.25) is 5.91 Å². The van der Waals surface area contributed by atoms with Gasteiger partial charge >= 0.3 is 0 Å². The summed E-state index contributed by atoms with van der Waals surface area (Å²) in [5, 5.41) is 6.83. The molecule has 146 valence electrons. The zero-order chi connectivity index (χ0) is 19.9. The van der Waals surface area contributed by atoms with E-state index in [0.717, 1.165) is 35.4 Å². The summed E-state index contributed by atoms with van der Waals surface area (Å²) in [6.45, 7) is 4.37. The number of aryl methyl sites for hydroxylation is 2. The van der Waals surface area contributed by atoms with Gasteiger partial charge < -0.3 is 10.6 Å². The number of hydrogen-bond acceptors (Lipinski definition) is 4. The summed E-state index contributed by atoms with van der Waals surface area (Å²) < 4.78 is 1.21. The predicted octanol–water partition coefficient (Wildman–Crippen LogP) is 4.71. The summed E-state index contributed by atoms with van der Waals surface area (Å²) in [4.78, 5) is 28.9. The Hall–Kier alpha value is -2.73. The van der Waals surface area contributed by atoms with Gasteiger partial charge in [0, 0.05) is 24.2 Å². The number of nitrogens with zero attached hydrogens (tertiary/aromatic N) is 1. The molecule has 5 nitrogen and oxygen atoms in total. The first-order valence-electron chi connectivity index (χ1n) is 9.60. The van der Waals surface area contributed by atoms with Crippen LogP contribution in [-0.2, 0) is 11.2 Å². The maximum Gasteiger partial charge on any atom is 0.251 e. The summed E-state index contributed by atoms with van der Waals surface area (Å²) in [6, 6.07) is 13.5. The Morgan fingerprint density at radius 3 is 2.71 bits per heavy atom. The highest BCUT2D eigenvalue weighted by atomic mass is 32.1. The number of carbonyl (C=O) groups excluding carboxylic acids is 2. The minimum atomic E-state index is -0.131. The van der Waals surface area contributed by atoms with Gasteiger partial charge in [-0.2, -0.15) is 0 Å². The van der Waals surface area contributed by atoms with Crippen LogP contribution in [0.3, 0.4) is 0 Å². The highest BCUT2D eigenvalue weighted by Gasteiger charge is 2.10. The van der Waals surface area contributed by atoms with E-state index in [9.17, 15) is 9.59 Å². The standard InChI is InChI=1S/C22H25N3O2S/c1-3-23-22(27)16-13-12-15(2)18(14-16)24-20(26)10-6-7-11-21-25-17-8-4-5-9-19(17)28-21/h4-5,8-9,12-14H,3,6-7,10-11H2,1-2H3,(H,23,27)(H,24,26). The fraction of sp³-hybridized carbons (Fsp3) is 0.318. The highest BCUT2D eigenvalue weighted by molar-refractivity contribution is 7.18. The van der Waals surface area contributed by atoms with Crippen LogP contribution in [0.4, 0.5) is 5.69 Å². The van der Waals surface area contributed by atoms with E-state index in [1.54, 1.807) is 23.5 Å². The maximum absolute atomic E-state index is 12.3. The molecule has 0 aliphatic carbocycles. The van der Waals surface area contributed by atoms with Crippen molar-refractivity contribution in [2.45, 2.75) is 39.5 Å². The second-order valence-corrected chi connectivity index (χ2v) is 7.83. The van der Waals surface area contributed by atoms with E-state index < -0.39 is 0 Å². The number of carbonyl (C=O) groups is 2. The van der Waals surface area contributed by atoms with Crippen LogP contribution in [0, 0.1) is 6.92 Å². The Labute approximate surface area is 169 Å². The smallest absolute Gasteiger partial charge is 0.251 e. The molecule has 2 amide bonds. The first-order valence-corrected chi connectivity index (χ1v) is 10.4. The fourth-order valence-electron chi connectivity index (χ4n) is 2.96. The van der Waals surface area contributed by atoms with Crippen LogP contribution in [0.2, 0.25) is 0 Å². The number of rotatable bonds is 8. The summed E-state index contributed by atoms with van der Waals surface area (Å²) in [6.07, 6.45) is 3.07. The van der Waals surface area contributed by atoms with E-state index >= 15 is 0 Å². The number of aromatic nitrogens is 1. The predicted molar refractivity (Wildman–Crippen MR) is 115 cm³/mol. The SMILES string of the molecule is CCNC(=O)c1ccc(C)c(NC(=O)CCCCc2nc3ccccc3s2)c1. The number of fused-ring (bicyclic) bond motifs is 1. The van der Waals surface area contributed by atoms with Crippen molar-refractivity contribution in [3.05, 3.63) is 58.6 Å². The highest BCUT2D eigenvalue weighted by Crippen LogP contribution is 2.23. The van der Waals surface area contributed by atoms with Crippen molar-refractivity contribution in [2.24, 2.45) is 0 Å². The van der Waals surface area contributed by atoms with Gasteiger partial charge in [0.15, 0.2) is 0 Å². The lowest BCUT2D eigenvalue weighted by molar-refractivity contribution is -0.116. The quantitative estimate of drug-likeness (QED) is 0.543. The van der Waals surface area contributed by atoms with Gasteiger partial charge in [-0.05, 0) is 62.9 Å². The summed E-state index contributed by atoms with van der Waals surface area (Å²) >= 11 is 1.72. The van der Waals surface area contributed by atoms with Crippen molar-refractivity contribution in [1.82, 2.24) is 10.3 Å². The van der Waals surface area contributed by atoms with E-state index in [1.165, 1.54) is 4.70 Å². The summed E-state index contributed by atoms with van der Waals surface area (Å²) in [7, 11) is 0. The number of anilines is 1. The molecule has 2 aromatic carbocycles. The molecular weight excluding hydrogens is 370 g/mol. The molecule has 28 heavy (non-hydrogen) atoms. The fourth-order valence-corrected chi connectivity index (χ4v) is 3.97. The van der Waals surface area contributed by atoms with Crippen LogP contribution in [0.1, 0.15) is 47.1 Å². The summed E-state index contributed by atoms with van der Waals surface area (Å²) in [5.41, 5.74) is 3.23. The molecule has 0 fully saturated rings. The monoisotopic (exact) mass is 395 g/mol. The third-order valence-corrected chi connectivity index (χ3v) is 5.59. The second-order valence-electron chi connectivity index (χ2n) is 6.72. The first-order chi connectivity index (χ1) is 13.6.